The van der Waals surface area contributed by atoms with Gasteiger partial charge in [-0.1, -0.05) is 54.5 Å². The van der Waals surface area contributed by atoms with Gasteiger partial charge in [0.25, 0.3) is 5.91 Å². The van der Waals surface area contributed by atoms with E-state index in [1.807, 2.05) is 13.0 Å². The van der Waals surface area contributed by atoms with Crippen molar-refractivity contribution in [3.05, 3.63) is 32.7 Å². The van der Waals surface area contributed by atoms with E-state index in [4.69, 9.17) is 4.74 Å². The quantitative estimate of drug-likeness (QED) is 0.639. The molecule has 136 valence electrons. The fourth-order valence-corrected chi connectivity index (χ4v) is 3.44. The van der Waals surface area contributed by atoms with Crippen LogP contribution in [0.1, 0.15) is 55.7 Å². The molecule has 0 spiro atoms. The Hall–Kier alpha value is -1.47. The van der Waals surface area contributed by atoms with E-state index < -0.39 is 0 Å². The van der Waals surface area contributed by atoms with E-state index in [9.17, 15) is 4.79 Å². The van der Waals surface area contributed by atoms with E-state index in [1.165, 1.54) is 11.3 Å². The second kappa shape index (κ2) is 9.29. The molecule has 0 aliphatic heterocycles. The predicted molar refractivity (Wildman–Crippen MR) is 106 cm³/mol. The number of nitrogens with one attached hydrogen (secondary N) is 1. The van der Waals surface area contributed by atoms with Crippen LogP contribution in [0, 0.1) is 6.92 Å². The first-order valence-corrected chi connectivity index (χ1v) is 10.1. The lowest BCUT2D eigenvalue weighted by atomic mass is 10.0. The highest BCUT2D eigenvalue weighted by Crippen LogP contribution is 2.32. The fraction of sp³-hybridized carbons (Fsp3) is 0.500. The van der Waals surface area contributed by atoms with E-state index in [0.717, 1.165) is 45.6 Å². The van der Waals surface area contributed by atoms with E-state index >= 15 is 0 Å². The monoisotopic (exact) mass is 425 g/mol. The van der Waals surface area contributed by atoms with Crippen molar-refractivity contribution in [3.63, 3.8) is 0 Å². The Balaban J connectivity index is 1.96. The van der Waals surface area contributed by atoms with Crippen LogP contribution in [-0.2, 0) is 11.2 Å². The predicted octanol–water partition coefficient (Wildman–Crippen LogP) is 5.09. The van der Waals surface area contributed by atoms with Crippen LogP contribution in [0.2, 0.25) is 0 Å². The molecule has 1 N–H and O–H groups in total. The Morgan fingerprint density at radius 1 is 1.36 bits per heavy atom. The summed E-state index contributed by atoms with van der Waals surface area (Å²) in [4.78, 5) is 12.1. The third kappa shape index (κ3) is 5.78. The Morgan fingerprint density at radius 3 is 2.80 bits per heavy atom. The van der Waals surface area contributed by atoms with Crippen molar-refractivity contribution < 1.29 is 9.53 Å². The topological polar surface area (TPSA) is 64.1 Å². The molecule has 0 unspecified atom stereocenters. The van der Waals surface area contributed by atoms with E-state index in [-0.39, 0.29) is 12.5 Å². The number of ether oxygens (including phenoxy) is 1. The average molecular weight is 426 g/mol. The Kier molecular flexibility index (Phi) is 7.38. The van der Waals surface area contributed by atoms with Crippen LogP contribution in [0.3, 0.4) is 0 Å². The lowest BCUT2D eigenvalue weighted by molar-refractivity contribution is -0.118. The molecule has 0 fully saturated rings. The zero-order valence-electron chi connectivity index (χ0n) is 15.1. The number of hydrogen-bond acceptors (Lipinski definition) is 5. The number of rotatable bonds is 8. The summed E-state index contributed by atoms with van der Waals surface area (Å²) in [6.45, 7) is 8.29. The number of amides is 1. The molecule has 0 saturated carbocycles. The van der Waals surface area contributed by atoms with Gasteiger partial charge in [-0.25, -0.2) is 0 Å². The standard InChI is InChI=1S/C18H24BrN3O2S/c1-5-6-7-17-21-22-18(25-17)20-16(23)10-24-15-8-12(4)14(19)9-13(15)11(2)3/h8-9,11H,5-7,10H2,1-4H3,(H,20,22,23). The zero-order chi connectivity index (χ0) is 18.4. The van der Waals surface area contributed by atoms with Crippen LogP contribution in [0.4, 0.5) is 5.13 Å². The van der Waals surface area contributed by atoms with Crippen molar-refractivity contribution >= 4 is 38.3 Å². The molecular formula is C18H24BrN3O2S. The maximum atomic E-state index is 12.1. The number of unbranched alkanes of at least 4 members (excludes halogenated alkanes) is 1. The van der Waals surface area contributed by atoms with Gasteiger partial charge in [0.1, 0.15) is 10.8 Å². The van der Waals surface area contributed by atoms with Gasteiger partial charge in [0.2, 0.25) is 5.13 Å². The van der Waals surface area contributed by atoms with Crippen molar-refractivity contribution in [2.45, 2.75) is 52.9 Å². The molecule has 0 aliphatic rings. The van der Waals surface area contributed by atoms with Gasteiger partial charge < -0.3 is 4.74 Å². The summed E-state index contributed by atoms with van der Waals surface area (Å²) in [6, 6.07) is 4.01. The van der Waals surface area contributed by atoms with Crippen molar-refractivity contribution in [1.82, 2.24) is 10.2 Å². The molecule has 1 aromatic heterocycles. The molecule has 25 heavy (non-hydrogen) atoms. The molecule has 0 bridgehead atoms. The van der Waals surface area contributed by atoms with Crippen molar-refractivity contribution in [2.24, 2.45) is 0 Å². The lowest BCUT2D eigenvalue weighted by Gasteiger charge is -2.15. The summed E-state index contributed by atoms with van der Waals surface area (Å²) in [7, 11) is 0. The SMILES string of the molecule is CCCCc1nnc(NC(=O)COc2cc(C)c(Br)cc2C(C)C)s1. The summed E-state index contributed by atoms with van der Waals surface area (Å²) in [5.74, 6) is 0.819. The number of halogens is 1. The van der Waals surface area contributed by atoms with Crippen LogP contribution in [0.25, 0.3) is 0 Å². The van der Waals surface area contributed by atoms with Crippen molar-refractivity contribution in [2.75, 3.05) is 11.9 Å². The highest BCUT2D eigenvalue weighted by Gasteiger charge is 2.13. The molecule has 0 aliphatic carbocycles. The summed E-state index contributed by atoms with van der Waals surface area (Å²) in [5.41, 5.74) is 2.15. The number of carbonyl (C=O) groups excluding carboxylic acids is 1. The van der Waals surface area contributed by atoms with Gasteiger partial charge in [0, 0.05) is 10.9 Å². The van der Waals surface area contributed by atoms with Crippen LogP contribution in [-0.4, -0.2) is 22.7 Å². The van der Waals surface area contributed by atoms with Gasteiger partial charge in [-0.2, -0.15) is 0 Å². The third-order valence-electron chi connectivity index (χ3n) is 3.73. The average Bonchev–Trinajstić information content (AvgIpc) is 3.00. The van der Waals surface area contributed by atoms with Crippen LogP contribution < -0.4 is 10.1 Å². The van der Waals surface area contributed by atoms with Crippen molar-refractivity contribution in [3.8, 4) is 5.75 Å². The lowest BCUT2D eigenvalue weighted by Crippen LogP contribution is -2.20. The Bertz CT molecular complexity index is 731. The van der Waals surface area contributed by atoms with Gasteiger partial charge in [-0.3, -0.25) is 10.1 Å². The minimum Gasteiger partial charge on any atom is -0.483 e. The number of carbonyl (C=O) groups is 1. The second-order valence-electron chi connectivity index (χ2n) is 6.24. The van der Waals surface area contributed by atoms with Crippen molar-refractivity contribution in [1.29, 1.82) is 0 Å². The normalized spacial score (nSPS) is 11.0. The molecule has 0 atom stereocenters. The van der Waals surface area contributed by atoms with Crippen LogP contribution in [0.5, 0.6) is 5.75 Å². The Morgan fingerprint density at radius 2 is 2.12 bits per heavy atom. The van der Waals surface area contributed by atoms with E-state index in [1.54, 1.807) is 0 Å². The third-order valence-corrected chi connectivity index (χ3v) is 5.48. The maximum Gasteiger partial charge on any atom is 0.264 e. The summed E-state index contributed by atoms with van der Waals surface area (Å²) < 4.78 is 6.81. The number of aromatic nitrogens is 2. The second-order valence-corrected chi connectivity index (χ2v) is 8.15. The zero-order valence-corrected chi connectivity index (χ0v) is 17.5. The molecule has 0 radical (unpaired) electrons. The van der Waals surface area contributed by atoms with E-state index in [2.05, 4.69) is 58.3 Å². The number of aryl methyl sites for hydroxylation is 2. The highest BCUT2D eigenvalue weighted by molar-refractivity contribution is 9.10. The molecule has 5 nitrogen and oxygen atoms in total. The molecule has 2 aromatic rings. The first kappa shape index (κ1) is 19.8. The first-order chi connectivity index (χ1) is 11.9. The molecular weight excluding hydrogens is 402 g/mol. The van der Waals surface area contributed by atoms with Gasteiger partial charge in [0.05, 0.1) is 0 Å². The van der Waals surface area contributed by atoms with E-state index in [0.29, 0.717) is 11.0 Å². The molecule has 2 rings (SSSR count). The Labute approximate surface area is 161 Å². The first-order valence-electron chi connectivity index (χ1n) is 8.45. The number of benzene rings is 1. The molecule has 1 aromatic carbocycles. The van der Waals surface area contributed by atoms with Crippen LogP contribution in [0.15, 0.2) is 16.6 Å². The van der Waals surface area contributed by atoms with Gasteiger partial charge in [-0.05, 0) is 42.5 Å². The number of hydrogen-bond donors (Lipinski definition) is 1. The minimum atomic E-state index is -0.228. The highest BCUT2D eigenvalue weighted by atomic mass is 79.9. The number of anilines is 1. The molecule has 1 amide bonds. The molecule has 0 saturated heterocycles. The van der Waals surface area contributed by atoms with Gasteiger partial charge in [0.15, 0.2) is 6.61 Å². The molecule has 1 heterocycles. The summed E-state index contributed by atoms with van der Waals surface area (Å²) >= 11 is 4.96. The van der Waals surface area contributed by atoms with Gasteiger partial charge in [-0.15, -0.1) is 10.2 Å². The smallest absolute Gasteiger partial charge is 0.264 e. The van der Waals surface area contributed by atoms with Gasteiger partial charge >= 0.3 is 0 Å². The fourth-order valence-electron chi connectivity index (χ4n) is 2.28. The van der Waals surface area contributed by atoms with Crippen LogP contribution >= 0.6 is 27.3 Å². The molecule has 7 heteroatoms. The largest absolute Gasteiger partial charge is 0.483 e. The maximum absolute atomic E-state index is 12.1. The summed E-state index contributed by atoms with van der Waals surface area (Å²) in [5, 5.41) is 12.3. The summed E-state index contributed by atoms with van der Waals surface area (Å²) in [6.07, 6.45) is 3.09. The minimum absolute atomic E-state index is 0.0509. The number of nitrogens with zero attached hydrogens (tertiary/aromatic N) is 2.